The van der Waals surface area contributed by atoms with Crippen molar-refractivity contribution in [1.82, 2.24) is 4.90 Å². The number of carbonyl (C=O) groups excluding carboxylic acids is 1. The predicted octanol–water partition coefficient (Wildman–Crippen LogP) is 3.49. The Morgan fingerprint density at radius 3 is 2.31 bits per heavy atom. The van der Waals surface area contributed by atoms with Crippen molar-refractivity contribution in [1.29, 1.82) is 0 Å². The first-order chi connectivity index (χ1) is 20.3. The van der Waals surface area contributed by atoms with Gasteiger partial charge in [-0.05, 0) is 42.5 Å². The molecule has 2 aromatic heterocycles. The average Bonchev–Trinajstić information content (AvgIpc) is 3.02. The molecule has 0 amide bonds. The molecule has 1 atom stereocenters. The van der Waals surface area contributed by atoms with Crippen LogP contribution >= 0.6 is 0 Å². The van der Waals surface area contributed by atoms with E-state index in [4.69, 9.17) is 23.0 Å². The van der Waals surface area contributed by atoms with E-state index < -0.39 is 28.5 Å². The van der Waals surface area contributed by atoms with E-state index >= 15 is 0 Å². The van der Waals surface area contributed by atoms with Crippen molar-refractivity contribution in [2.75, 3.05) is 52.4 Å². The van der Waals surface area contributed by atoms with Crippen molar-refractivity contribution in [3.05, 3.63) is 92.3 Å². The number of rotatable bonds is 9. The molecule has 0 bridgehead atoms. The van der Waals surface area contributed by atoms with Crippen molar-refractivity contribution in [3.63, 3.8) is 0 Å². The summed E-state index contributed by atoms with van der Waals surface area (Å²) in [6, 6.07) is 13.9. The zero-order valence-electron chi connectivity index (χ0n) is 23.6. The second kappa shape index (κ2) is 12.4. The molecule has 0 saturated carbocycles. The van der Waals surface area contributed by atoms with Crippen LogP contribution in [0.4, 0.5) is 5.69 Å². The molecule has 11 heteroatoms. The monoisotopic (exact) mass is 576 g/mol. The first-order valence-electron chi connectivity index (χ1n) is 13.4. The molecule has 1 unspecified atom stereocenters. The van der Waals surface area contributed by atoms with E-state index in [1.54, 1.807) is 19.2 Å². The van der Waals surface area contributed by atoms with E-state index in [2.05, 4.69) is 9.80 Å². The number of hydrogen-bond donors (Lipinski definition) is 1. The molecule has 42 heavy (non-hydrogen) atoms. The number of methoxy groups -OCH3 is 3. The Bertz CT molecular complexity index is 1690. The zero-order valence-corrected chi connectivity index (χ0v) is 23.6. The number of ether oxygens (including phenoxy) is 3. The van der Waals surface area contributed by atoms with E-state index in [0.29, 0.717) is 36.7 Å². The number of benzene rings is 2. The summed E-state index contributed by atoms with van der Waals surface area (Å²) in [5, 5.41) is 11.0. The zero-order chi connectivity index (χ0) is 29.8. The highest BCUT2D eigenvalue weighted by Gasteiger charge is 2.30. The Morgan fingerprint density at radius 1 is 0.952 bits per heavy atom. The summed E-state index contributed by atoms with van der Waals surface area (Å²) in [5.74, 6) is -1.14. The summed E-state index contributed by atoms with van der Waals surface area (Å²) >= 11 is 0. The molecule has 2 aromatic carbocycles. The number of fused-ring (bicyclic) bond motifs is 1. The van der Waals surface area contributed by atoms with Gasteiger partial charge >= 0.3 is 5.97 Å². The molecule has 5 rings (SSSR count). The minimum Gasteiger partial charge on any atom is -0.502 e. The molecule has 1 saturated heterocycles. The van der Waals surface area contributed by atoms with E-state index in [1.807, 2.05) is 24.3 Å². The minimum absolute atomic E-state index is 0.0323. The SMILES string of the molecule is COC(=O)CC(c1oc(CN2CCN(c3ccc(OC)cc3)CC2)cc(=O)c1O)c1coc2ccc(OC)cc2c1=O. The van der Waals surface area contributed by atoms with Crippen molar-refractivity contribution >= 4 is 22.6 Å². The van der Waals surface area contributed by atoms with Gasteiger partial charge in [-0.1, -0.05) is 0 Å². The second-order valence-corrected chi connectivity index (χ2v) is 9.97. The number of piperazine rings is 1. The number of carbonyl (C=O) groups is 1. The fourth-order valence-electron chi connectivity index (χ4n) is 5.13. The smallest absolute Gasteiger partial charge is 0.306 e. The van der Waals surface area contributed by atoms with Crippen LogP contribution in [0.15, 0.2) is 73.2 Å². The van der Waals surface area contributed by atoms with Crippen LogP contribution in [-0.4, -0.2) is 63.5 Å². The van der Waals surface area contributed by atoms with Crippen molar-refractivity contribution in [2.45, 2.75) is 18.9 Å². The summed E-state index contributed by atoms with van der Waals surface area (Å²) in [6.07, 6.45) is 0.854. The summed E-state index contributed by atoms with van der Waals surface area (Å²) in [7, 11) is 4.32. The number of esters is 1. The number of nitrogens with zero attached hydrogens (tertiary/aromatic N) is 2. The average molecular weight is 577 g/mol. The highest BCUT2D eigenvalue weighted by atomic mass is 16.5. The lowest BCUT2D eigenvalue weighted by atomic mass is 9.92. The predicted molar refractivity (Wildman–Crippen MR) is 155 cm³/mol. The second-order valence-electron chi connectivity index (χ2n) is 9.97. The Morgan fingerprint density at radius 2 is 1.64 bits per heavy atom. The van der Waals surface area contributed by atoms with Gasteiger partial charge in [-0.3, -0.25) is 19.3 Å². The lowest BCUT2D eigenvalue weighted by Crippen LogP contribution is -2.46. The van der Waals surface area contributed by atoms with Gasteiger partial charge in [-0.2, -0.15) is 0 Å². The first-order valence-corrected chi connectivity index (χ1v) is 13.4. The van der Waals surface area contributed by atoms with Gasteiger partial charge in [-0.15, -0.1) is 0 Å². The van der Waals surface area contributed by atoms with Crippen LogP contribution in [0.2, 0.25) is 0 Å². The van der Waals surface area contributed by atoms with Crippen LogP contribution in [0.25, 0.3) is 11.0 Å². The van der Waals surface area contributed by atoms with Crippen LogP contribution in [0.3, 0.4) is 0 Å². The van der Waals surface area contributed by atoms with E-state index in [9.17, 15) is 19.5 Å². The maximum absolute atomic E-state index is 13.6. The Kier molecular flexibility index (Phi) is 8.48. The molecule has 1 fully saturated rings. The summed E-state index contributed by atoms with van der Waals surface area (Å²) in [4.78, 5) is 43.3. The molecule has 0 radical (unpaired) electrons. The van der Waals surface area contributed by atoms with Gasteiger partial charge in [0.15, 0.2) is 11.2 Å². The standard InChI is InChI=1S/C31H32N2O9/c1-38-20-6-4-19(5-7-20)33-12-10-32(11-13-33)17-22-15-26(34)30(37)31(42-22)23(16-28(35)40-3)25-18-41-27-9-8-21(39-2)14-24(27)29(25)36/h4-9,14-15,18,23,37H,10-13,16-17H2,1-3H3. The quantitative estimate of drug-likeness (QED) is 0.294. The molecule has 220 valence electrons. The summed E-state index contributed by atoms with van der Waals surface area (Å²) < 4.78 is 27.1. The van der Waals surface area contributed by atoms with Gasteiger partial charge < -0.3 is 33.1 Å². The van der Waals surface area contributed by atoms with Crippen LogP contribution in [-0.2, 0) is 16.1 Å². The van der Waals surface area contributed by atoms with Gasteiger partial charge in [0.2, 0.25) is 11.2 Å². The molecular formula is C31H32N2O9. The van der Waals surface area contributed by atoms with Gasteiger partial charge in [-0.25, -0.2) is 0 Å². The number of aromatic hydroxyl groups is 1. The lowest BCUT2D eigenvalue weighted by molar-refractivity contribution is -0.140. The summed E-state index contributed by atoms with van der Waals surface area (Å²) in [6.45, 7) is 3.22. The normalized spacial score (nSPS) is 14.5. The molecule has 0 aliphatic carbocycles. The highest BCUT2D eigenvalue weighted by molar-refractivity contribution is 5.79. The van der Waals surface area contributed by atoms with Crippen molar-refractivity contribution in [3.8, 4) is 17.2 Å². The fourth-order valence-corrected chi connectivity index (χ4v) is 5.13. The van der Waals surface area contributed by atoms with Crippen LogP contribution in [0.1, 0.15) is 29.4 Å². The summed E-state index contributed by atoms with van der Waals surface area (Å²) in [5.41, 5.74) is 0.307. The van der Waals surface area contributed by atoms with E-state index in [-0.39, 0.29) is 23.1 Å². The maximum Gasteiger partial charge on any atom is 0.306 e. The molecule has 4 aromatic rings. The molecule has 11 nitrogen and oxygen atoms in total. The number of hydrogen-bond acceptors (Lipinski definition) is 11. The van der Waals surface area contributed by atoms with E-state index in [1.165, 1.54) is 32.6 Å². The third-order valence-corrected chi connectivity index (χ3v) is 7.49. The highest BCUT2D eigenvalue weighted by Crippen LogP contribution is 2.33. The fraction of sp³-hybridized carbons (Fsp3) is 0.323. The van der Waals surface area contributed by atoms with Crippen molar-refractivity contribution < 1.29 is 32.9 Å². The Hall–Kier alpha value is -4.77. The number of anilines is 1. The minimum atomic E-state index is -1.14. The van der Waals surface area contributed by atoms with Gasteiger partial charge in [0.05, 0.1) is 51.9 Å². The van der Waals surface area contributed by atoms with Crippen LogP contribution in [0.5, 0.6) is 17.2 Å². The van der Waals surface area contributed by atoms with Gasteiger partial charge in [0.25, 0.3) is 0 Å². The topological polar surface area (TPSA) is 132 Å². The largest absolute Gasteiger partial charge is 0.502 e. The van der Waals surface area contributed by atoms with Crippen LogP contribution < -0.4 is 25.2 Å². The Balaban J connectivity index is 1.43. The third kappa shape index (κ3) is 5.96. The molecular weight excluding hydrogens is 544 g/mol. The molecule has 0 spiro atoms. The maximum atomic E-state index is 13.6. The molecule has 1 aliphatic rings. The molecule has 1 aliphatic heterocycles. The van der Waals surface area contributed by atoms with Gasteiger partial charge in [0, 0.05) is 43.5 Å². The first kappa shape index (κ1) is 28.7. The third-order valence-electron chi connectivity index (χ3n) is 7.49. The van der Waals surface area contributed by atoms with Crippen LogP contribution in [0, 0.1) is 0 Å². The molecule has 3 heterocycles. The van der Waals surface area contributed by atoms with Gasteiger partial charge in [0.1, 0.15) is 22.8 Å². The lowest BCUT2D eigenvalue weighted by Gasteiger charge is -2.36. The van der Waals surface area contributed by atoms with E-state index in [0.717, 1.165) is 24.5 Å². The Labute approximate surface area is 241 Å². The molecule has 1 N–H and O–H groups in total. The van der Waals surface area contributed by atoms with Crippen molar-refractivity contribution in [2.24, 2.45) is 0 Å².